The van der Waals surface area contributed by atoms with Crippen molar-refractivity contribution in [2.24, 2.45) is 0 Å². The standard InChI is InChI=1S/C6H2BrF2.Li/c7-5-2-1-4(8)3-6(5)9;/h1,3H;/q-1;+1. The van der Waals surface area contributed by atoms with Crippen LogP contribution in [0.4, 0.5) is 8.78 Å². The zero-order chi connectivity index (χ0) is 6.85. The largest absolute Gasteiger partial charge is 1.00 e. The molecule has 0 spiro atoms. The molecule has 0 aromatic heterocycles. The fourth-order valence-corrected chi connectivity index (χ4v) is 0.656. The van der Waals surface area contributed by atoms with Crippen molar-refractivity contribution in [3.05, 3.63) is 34.3 Å². The fraction of sp³-hybridized carbons (Fsp3) is 0. The topological polar surface area (TPSA) is 0 Å². The molecule has 0 N–H and O–H groups in total. The van der Waals surface area contributed by atoms with Gasteiger partial charge in [-0.2, -0.15) is 6.07 Å². The van der Waals surface area contributed by atoms with E-state index in [1.807, 2.05) is 0 Å². The molecule has 0 amide bonds. The molecule has 10 heavy (non-hydrogen) atoms. The van der Waals surface area contributed by atoms with Gasteiger partial charge in [-0.25, -0.2) is 0 Å². The molecule has 0 radical (unpaired) electrons. The second kappa shape index (κ2) is 4.12. The third-order valence-electron chi connectivity index (χ3n) is 0.811. The minimum Gasteiger partial charge on any atom is -0.284 e. The molecular weight excluding hydrogens is 197 g/mol. The van der Waals surface area contributed by atoms with Gasteiger partial charge in [0.05, 0.1) is 0 Å². The Bertz CT molecular complexity index is 227. The summed E-state index contributed by atoms with van der Waals surface area (Å²) in [6.45, 7) is 0. The van der Waals surface area contributed by atoms with E-state index < -0.39 is 11.6 Å². The summed E-state index contributed by atoms with van der Waals surface area (Å²) >= 11 is 2.83. The zero-order valence-corrected chi connectivity index (χ0v) is 6.87. The number of halogens is 3. The van der Waals surface area contributed by atoms with E-state index in [-0.39, 0.29) is 23.3 Å². The molecule has 1 rings (SSSR count). The van der Waals surface area contributed by atoms with Gasteiger partial charge in [0.1, 0.15) is 0 Å². The molecule has 0 atom stereocenters. The number of hydrogen-bond acceptors (Lipinski definition) is 0. The molecule has 0 aliphatic rings. The van der Waals surface area contributed by atoms with Crippen LogP contribution < -0.4 is 18.9 Å². The van der Waals surface area contributed by atoms with Gasteiger partial charge in [0.15, 0.2) is 0 Å². The third-order valence-corrected chi connectivity index (χ3v) is 1.42. The summed E-state index contributed by atoms with van der Waals surface area (Å²) < 4.78 is 24.5. The summed E-state index contributed by atoms with van der Waals surface area (Å²) in [5.41, 5.74) is 0. The summed E-state index contributed by atoms with van der Waals surface area (Å²) in [5.74, 6) is -1.24. The van der Waals surface area contributed by atoms with E-state index in [1.54, 1.807) is 0 Å². The third kappa shape index (κ3) is 2.41. The van der Waals surface area contributed by atoms with Gasteiger partial charge in [0.2, 0.25) is 0 Å². The van der Waals surface area contributed by atoms with Crippen LogP contribution in [-0.4, -0.2) is 0 Å². The van der Waals surface area contributed by atoms with E-state index in [9.17, 15) is 8.78 Å². The predicted molar refractivity (Wildman–Crippen MR) is 32.9 cm³/mol. The summed E-state index contributed by atoms with van der Waals surface area (Å²) in [6, 6.07) is 4.19. The van der Waals surface area contributed by atoms with Gasteiger partial charge in [-0.1, -0.05) is 20.4 Å². The minimum atomic E-state index is -0.630. The van der Waals surface area contributed by atoms with Crippen LogP contribution >= 0.6 is 15.9 Å². The molecule has 1 aromatic carbocycles. The van der Waals surface area contributed by atoms with E-state index >= 15 is 0 Å². The zero-order valence-electron chi connectivity index (χ0n) is 5.29. The van der Waals surface area contributed by atoms with E-state index in [0.717, 1.165) is 12.1 Å². The van der Waals surface area contributed by atoms with E-state index in [2.05, 4.69) is 22.0 Å². The first-order valence-electron chi connectivity index (χ1n) is 2.22. The minimum absolute atomic E-state index is 0. The van der Waals surface area contributed by atoms with Crippen LogP contribution in [-0.2, 0) is 0 Å². The van der Waals surface area contributed by atoms with Crippen molar-refractivity contribution in [3.8, 4) is 0 Å². The molecule has 48 valence electrons. The number of hydrogen-bond donors (Lipinski definition) is 0. The Balaban J connectivity index is 0.000000810. The van der Waals surface area contributed by atoms with Crippen molar-refractivity contribution in [1.82, 2.24) is 0 Å². The Morgan fingerprint density at radius 2 is 2.00 bits per heavy atom. The van der Waals surface area contributed by atoms with Crippen LogP contribution in [0.15, 0.2) is 16.6 Å². The van der Waals surface area contributed by atoms with E-state index in [1.165, 1.54) is 0 Å². The van der Waals surface area contributed by atoms with Gasteiger partial charge in [-0.3, -0.25) is 8.78 Å². The molecule has 0 aliphatic heterocycles. The van der Waals surface area contributed by atoms with Crippen LogP contribution in [0.2, 0.25) is 0 Å². The number of benzene rings is 1. The van der Waals surface area contributed by atoms with Gasteiger partial charge < -0.3 is 0 Å². The second-order valence-electron chi connectivity index (χ2n) is 1.48. The van der Waals surface area contributed by atoms with Gasteiger partial charge in [0, 0.05) is 11.6 Å². The van der Waals surface area contributed by atoms with Crippen molar-refractivity contribution in [2.45, 2.75) is 0 Å². The Morgan fingerprint density at radius 1 is 1.40 bits per heavy atom. The van der Waals surface area contributed by atoms with E-state index in [0.29, 0.717) is 0 Å². The maximum Gasteiger partial charge on any atom is 1.00 e. The quantitative estimate of drug-likeness (QED) is 0.301. The van der Waals surface area contributed by atoms with Crippen molar-refractivity contribution in [3.63, 3.8) is 0 Å². The summed E-state index contributed by atoms with van der Waals surface area (Å²) in [7, 11) is 0. The maximum absolute atomic E-state index is 12.3. The average molecular weight is 199 g/mol. The van der Waals surface area contributed by atoms with Crippen LogP contribution in [0, 0.1) is 17.7 Å². The molecule has 0 heterocycles. The molecule has 1 aromatic rings. The Morgan fingerprint density at radius 3 is 2.40 bits per heavy atom. The van der Waals surface area contributed by atoms with Gasteiger partial charge in [0.25, 0.3) is 0 Å². The SMILES string of the molecule is Fc1c[c-]c(Br)c(F)c1.[Li+]. The molecule has 0 saturated carbocycles. The van der Waals surface area contributed by atoms with Crippen LogP contribution in [0.25, 0.3) is 0 Å². The first-order chi connectivity index (χ1) is 4.20. The maximum atomic E-state index is 12.3. The summed E-state index contributed by atoms with van der Waals surface area (Å²) in [6.07, 6.45) is 0. The van der Waals surface area contributed by atoms with Gasteiger partial charge in [-0.05, 0) is 0 Å². The smallest absolute Gasteiger partial charge is 0.284 e. The summed E-state index contributed by atoms with van der Waals surface area (Å²) in [5, 5.41) is 0. The Kier molecular flexibility index (Phi) is 4.19. The molecular formula is C6H2BrF2Li. The first kappa shape index (κ1) is 10.2. The molecule has 0 nitrogen and oxygen atoms in total. The molecule has 4 heteroatoms. The van der Waals surface area contributed by atoms with Crippen LogP contribution in [0.5, 0.6) is 0 Å². The summed E-state index contributed by atoms with van der Waals surface area (Å²) in [4.78, 5) is 0. The average Bonchev–Trinajstić information content (AvgIpc) is 1.80. The van der Waals surface area contributed by atoms with Crippen LogP contribution in [0.3, 0.4) is 0 Å². The Labute approximate surface area is 77.9 Å². The fourth-order valence-electron chi connectivity index (χ4n) is 0.427. The predicted octanol–water partition coefficient (Wildman–Crippen LogP) is -0.469. The molecule has 0 unspecified atom stereocenters. The van der Waals surface area contributed by atoms with Crippen molar-refractivity contribution in [1.29, 1.82) is 0 Å². The monoisotopic (exact) mass is 198 g/mol. The molecule has 0 saturated heterocycles. The van der Waals surface area contributed by atoms with E-state index in [4.69, 9.17) is 0 Å². The second-order valence-corrected chi connectivity index (χ2v) is 2.27. The molecule has 0 fully saturated rings. The molecule has 0 bridgehead atoms. The first-order valence-corrected chi connectivity index (χ1v) is 3.01. The molecule has 0 aliphatic carbocycles. The van der Waals surface area contributed by atoms with Crippen molar-refractivity contribution in [2.75, 3.05) is 0 Å². The van der Waals surface area contributed by atoms with Gasteiger partial charge >= 0.3 is 18.9 Å². The normalized spacial score (nSPS) is 8.70. The number of rotatable bonds is 0. The van der Waals surface area contributed by atoms with Crippen molar-refractivity contribution >= 4 is 15.9 Å². The van der Waals surface area contributed by atoms with Gasteiger partial charge in [-0.15, -0.1) is 12.1 Å². The van der Waals surface area contributed by atoms with Crippen LogP contribution in [0.1, 0.15) is 0 Å². The Hall–Kier alpha value is 0.157. The van der Waals surface area contributed by atoms with Crippen molar-refractivity contribution < 1.29 is 27.6 Å².